The quantitative estimate of drug-likeness (QED) is 0.757. The van der Waals surface area contributed by atoms with Crippen LogP contribution in [0.25, 0.3) is 0 Å². The number of ether oxygens (including phenoxy) is 1. The molecule has 0 aliphatic rings. The van der Waals surface area contributed by atoms with Gasteiger partial charge in [-0.15, -0.1) is 0 Å². The van der Waals surface area contributed by atoms with Crippen molar-refractivity contribution in [2.75, 3.05) is 6.61 Å². The van der Waals surface area contributed by atoms with Crippen LogP contribution in [0, 0.1) is 0 Å². The molecule has 0 fully saturated rings. The first-order valence-corrected chi connectivity index (χ1v) is 5.71. The second kappa shape index (κ2) is 6.20. The van der Waals surface area contributed by atoms with Crippen molar-refractivity contribution in [2.24, 2.45) is 0 Å². The molecule has 0 aliphatic heterocycles. The summed E-state index contributed by atoms with van der Waals surface area (Å²) in [5.74, 6) is -20.9. The molecule has 0 saturated carbocycles. The molecule has 0 atom stereocenters. The number of halogens is 8. The van der Waals surface area contributed by atoms with E-state index in [-0.39, 0.29) is 0 Å². The van der Waals surface area contributed by atoms with Crippen LogP contribution >= 0.6 is 0 Å². The highest BCUT2D eigenvalue weighted by molar-refractivity contribution is 5.90. The van der Waals surface area contributed by atoms with Gasteiger partial charge in [0, 0.05) is 0 Å². The van der Waals surface area contributed by atoms with E-state index in [9.17, 15) is 39.9 Å². The number of alkyl halides is 8. The first-order chi connectivity index (χ1) is 10.3. The number of aromatic carboxylic acids is 1. The van der Waals surface area contributed by atoms with Crippen molar-refractivity contribution in [3.63, 3.8) is 0 Å². The minimum Gasteiger partial charge on any atom is -0.486 e. The molecule has 0 aliphatic carbocycles. The van der Waals surface area contributed by atoms with E-state index in [1.54, 1.807) is 0 Å². The summed E-state index contributed by atoms with van der Waals surface area (Å²) in [5.41, 5.74) is -0.702. The van der Waals surface area contributed by atoms with E-state index in [2.05, 4.69) is 4.74 Å². The van der Waals surface area contributed by atoms with Gasteiger partial charge < -0.3 is 9.84 Å². The third kappa shape index (κ3) is 3.48. The predicted octanol–water partition coefficient (Wildman–Crippen LogP) is 3.93. The summed E-state index contributed by atoms with van der Waals surface area (Å²) in [7, 11) is 0. The molecule has 3 nitrogen and oxygen atoms in total. The zero-order chi connectivity index (χ0) is 18.1. The van der Waals surface area contributed by atoms with Crippen molar-refractivity contribution < 1.29 is 49.8 Å². The van der Waals surface area contributed by atoms with Crippen molar-refractivity contribution in [2.45, 2.75) is 24.2 Å². The monoisotopic (exact) mass is 352 g/mol. The van der Waals surface area contributed by atoms with Crippen LogP contribution in [0.3, 0.4) is 0 Å². The van der Waals surface area contributed by atoms with Crippen LogP contribution in [0.1, 0.15) is 10.4 Å². The van der Waals surface area contributed by atoms with Gasteiger partial charge in [-0.25, -0.2) is 13.6 Å². The zero-order valence-corrected chi connectivity index (χ0v) is 10.9. The summed E-state index contributed by atoms with van der Waals surface area (Å²) in [5, 5.41) is 8.72. The molecule has 0 radical (unpaired) electrons. The number of carboxylic acids is 1. The van der Waals surface area contributed by atoms with E-state index in [1.165, 1.54) is 0 Å². The number of rotatable bonds is 7. The van der Waals surface area contributed by atoms with Gasteiger partial charge in [-0.2, -0.15) is 26.3 Å². The van der Waals surface area contributed by atoms with Gasteiger partial charge >= 0.3 is 30.2 Å². The fraction of sp³-hybridized carbons (Fsp3) is 0.417. The standard InChI is InChI=1S/C12H8F8O3/c13-9(14)11(17,18)12(19,20)10(15,16)5-23-7-4-2-1-3-6(7)8(21)22/h1-4,9H,5H2,(H,21,22). The van der Waals surface area contributed by atoms with Gasteiger partial charge in [0.15, 0.2) is 6.61 Å². The van der Waals surface area contributed by atoms with E-state index >= 15 is 0 Å². The molecule has 1 aromatic carbocycles. The number of benzene rings is 1. The molecule has 0 bridgehead atoms. The summed E-state index contributed by atoms with van der Waals surface area (Å²) in [6.07, 6.45) is -5.03. The van der Waals surface area contributed by atoms with Crippen LogP contribution in [-0.4, -0.2) is 41.9 Å². The number of para-hydroxylation sites is 1. The average Bonchev–Trinajstić information content (AvgIpc) is 2.44. The van der Waals surface area contributed by atoms with Crippen LogP contribution in [0.2, 0.25) is 0 Å². The minimum absolute atomic E-state index is 0.702. The molecule has 0 amide bonds. The van der Waals surface area contributed by atoms with E-state index in [0.717, 1.165) is 24.3 Å². The fourth-order valence-corrected chi connectivity index (χ4v) is 1.41. The van der Waals surface area contributed by atoms with Gasteiger partial charge in [0.05, 0.1) is 0 Å². The predicted molar refractivity (Wildman–Crippen MR) is 59.7 cm³/mol. The summed E-state index contributed by atoms with van der Waals surface area (Å²) in [6, 6.07) is 3.95. The second-order valence-corrected chi connectivity index (χ2v) is 4.29. The highest BCUT2D eigenvalue weighted by Crippen LogP contribution is 2.48. The molecule has 0 heterocycles. The van der Waals surface area contributed by atoms with Crippen molar-refractivity contribution >= 4 is 5.97 Å². The Morgan fingerprint density at radius 1 is 1.09 bits per heavy atom. The molecule has 23 heavy (non-hydrogen) atoms. The van der Waals surface area contributed by atoms with Crippen molar-refractivity contribution in [1.82, 2.24) is 0 Å². The summed E-state index contributed by atoms with van der Waals surface area (Å²) < 4.78 is 106. The molecule has 1 N–H and O–H groups in total. The molecule has 1 aromatic rings. The Balaban J connectivity index is 3.02. The number of hydrogen-bond donors (Lipinski definition) is 1. The average molecular weight is 352 g/mol. The van der Waals surface area contributed by atoms with Gasteiger partial charge in [-0.05, 0) is 12.1 Å². The highest BCUT2D eigenvalue weighted by Gasteiger charge is 2.75. The SMILES string of the molecule is O=C(O)c1ccccc1OCC(F)(F)C(F)(F)C(F)(F)C(F)F. The number of hydrogen-bond acceptors (Lipinski definition) is 2. The molecular formula is C12H8F8O3. The molecule has 1 rings (SSSR count). The lowest BCUT2D eigenvalue weighted by Crippen LogP contribution is -2.59. The molecule has 0 aromatic heterocycles. The normalized spacial score (nSPS) is 13.3. The van der Waals surface area contributed by atoms with Crippen LogP contribution in [0.4, 0.5) is 35.1 Å². The fourth-order valence-electron chi connectivity index (χ4n) is 1.41. The van der Waals surface area contributed by atoms with Crippen LogP contribution in [0.15, 0.2) is 24.3 Å². The Morgan fingerprint density at radius 2 is 1.61 bits per heavy atom. The van der Waals surface area contributed by atoms with Gasteiger partial charge in [0.25, 0.3) is 0 Å². The lowest BCUT2D eigenvalue weighted by molar-refractivity contribution is -0.342. The van der Waals surface area contributed by atoms with Gasteiger partial charge in [-0.3, -0.25) is 0 Å². The van der Waals surface area contributed by atoms with Crippen molar-refractivity contribution in [3.8, 4) is 5.75 Å². The Bertz CT molecular complexity index is 573. The Hall–Kier alpha value is -2.07. The smallest absolute Gasteiger partial charge is 0.381 e. The van der Waals surface area contributed by atoms with E-state index < -0.39 is 48.1 Å². The van der Waals surface area contributed by atoms with Gasteiger partial charge in [0.1, 0.15) is 11.3 Å². The van der Waals surface area contributed by atoms with Gasteiger partial charge in [0.2, 0.25) is 0 Å². The maximum atomic E-state index is 13.2. The van der Waals surface area contributed by atoms with E-state index in [0.29, 0.717) is 0 Å². The number of carboxylic acid groups (broad SMARTS) is 1. The Kier molecular flexibility index (Phi) is 5.12. The number of carbonyl (C=O) groups is 1. The maximum absolute atomic E-state index is 13.2. The lowest BCUT2D eigenvalue weighted by Gasteiger charge is -2.32. The van der Waals surface area contributed by atoms with Crippen LogP contribution in [-0.2, 0) is 0 Å². The topological polar surface area (TPSA) is 46.5 Å². The second-order valence-electron chi connectivity index (χ2n) is 4.29. The molecule has 11 heteroatoms. The summed E-state index contributed by atoms with van der Waals surface area (Å²) >= 11 is 0. The molecule has 0 unspecified atom stereocenters. The van der Waals surface area contributed by atoms with E-state index in [4.69, 9.17) is 5.11 Å². The zero-order valence-electron chi connectivity index (χ0n) is 10.9. The largest absolute Gasteiger partial charge is 0.486 e. The van der Waals surface area contributed by atoms with Gasteiger partial charge in [-0.1, -0.05) is 12.1 Å². The molecule has 0 spiro atoms. The van der Waals surface area contributed by atoms with Crippen LogP contribution in [0.5, 0.6) is 5.75 Å². The van der Waals surface area contributed by atoms with Crippen molar-refractivity contribution in [3.05, 3.63) is 29.8 Å². The van der Waals surface area contributed by atoms with Crippen LogP contribution < -0.4 is 4.74 Å². The third-order valence-electron chi connectivity index (χ3n) is 2.68. The maximum Gasteiger partial charge on any atom is 0.381 e. The lowest BCUT2D eigenvalue weighted by atomic mass is 10.1. The molecule has 0 saturated heterocycles. The summed E-state index contributed by atoms with van der Waals surface area (Å²) in [4.78, 5) is 10.8. The Morgan fingerprint density at radius 3 is 2.09 bits per heavy atom. The molecule has 130 valence electrons. The minimum atomic E-state index is -6.41. The Labute approximate surface area is 123 Å². The van der Waals surface area contributed by atoms with E-state index in [1.807, 2.05) is 0 Å². The molecular weight excluding hydrogens is 344 g/mol. The first-order valence-electron chi connectivity index (χ1n) is 5.71. The third-order valence-corrected chi connectivity index (χ3v) is 2.68. The highest BCUT2D eigenvalue weighted by atomic mass is 19.4. The first kappa shape index (κ1) is 19.0. The van der Waals surface area contributed by atoms with Crippen molar-refractivity contribution in [1.29, 1.82) is 0 Å². The summed E-state index contributed by atoms with van der Waals surface area (Å²) in [6.45, 7) is -2.42.